The standard InChI is InChI=1S/C24H26F3N5OS/c1-17-3-8-21(13-18(17)2)32-16-28-29-23(32)34-15-22(33)31-11-9-30(10-12-31)14-19-4-6-20(7-5-19)24(25,26)27/h3-8,13,16H,9-12,14-15H2,1-2H3. The van der Waals surface area contributed by atoms with Crippen molar-refractivity contribution in [3.8, 4) is 5.69 Å². The van der Waals surface area contributed by atoms with Gasteiger partial charge in [0.25, 0.3) is 0 Å². The van der Waals surface area contributed by atoms with Gasteiger partial charge in [-0.3, -0.25) is 14.3 Å². The van der Waals surface area contributed by atoms with Crippen molar-refractivity contribution < 1.29 is 18.0 Å². The van der Waals surface area contributed by atoms with Gasteiger partial charge in [-0.25, -0.2) is 0 Å². The molecule has 1 aliphatic heterocycles. The highest BCUT2D eigenvalue weighted by molar-refractivity contribution is 7.99. The molecule has 0 radical (unpaired) electrons. The number of halogens is 3. The summed E-state index contributed by atoms with van der Waals surface area (Å²) in [4.78, 5) is 16.7. The lowest BCUT2D eigenvalue weighted by molar-refractivity contribution is -0.137. The number of nitrogens with zero attached hydrogens (tertiary/aromatic N) is 5. The number of aromatic nitrogens is 3. The van der Waals surface area contributed by atoms with Gasteiger partial charge in [0.1, 0.15) is 6.33 Å². The molecule has 0 unspecified atom stereocenters. The Morgan fingerprint density at radius 1 is 1.00 bits per heavy atom. The van der Waals surface area contributed by atoms with E-state index in [2.05, 4.69) is 41.1 Å². The van der Waals surface area contributed by atoms with Crippen LogP contribution >= 0.6 is 11.8 Å². The predicted molar refractivity (Wildman–Crippen MR) is 125 cm³/mol. The van der Waals surface area contributed by atoms with Gasteiger partial charge in [-0.15, -0.1) is 10.2 Å². The van der Waals surface area contributed by atoms with E-state index in [1.807, 2.05) is 15.5 Å². The third kappa shape index (κ3) is 5.79. The molecule has 0 atom stereocenters. The van der Waals surface area contributed by atoms with Gasteiger partial charge >= 0.3 is 6.18 Å². The minimum absolute atomic E-state index is 0.0359. The fraction of sp³-hybridized carbons (Fsp3) is 0.375. The van der Waals surface area contributed by atoms with Gasteiger partial charge in [0.05, 0.1) is 11.3 Å². The molecule has 1 aliphatic rings. The Morgan fingerprint density at radius 3 is 2.35 bits per heavy atom. The second-order valence-corrected chi connectivity index (χ2v) is 9.33. The maximum absolute atomic E-state index is 12.8. The summed E-state index contributed by atoms with van der Waals surface area (Å²) in [7, 11) is 0. The minimum atomic E-state index is -4.32. The van der Waals surface area contributed by atoms with Crippen LogP contribution in [0.4, 0.5) is 13.2 Å². The van der Waals surface area contributed by atoms with Crippen molar-refractivity contribution in [3.05, 3.63) is 71.0 Å². The monoisotopic (exact) mass is 489 g/mol. The Bertz CT molecular complexity index is 1140. The van der Waals surface area contributed by atoms with Crippen LogP contribution in [0, 0.1) is 13.8 Å². The number of benzene rings is 2. The first-order valence-corrected chi connectivity index (χ1v) is 12.0. The molecule has 180 valence electrons. The van der Waals surface area contributed by atoms with Crippen LogP contribution in [0.2, 0.25) is 0 Å². The Labute approximate surface area is 200 Å². The van der Waals surface area contributed by atoms with Crippen LogP contribution in [0.1, 0.15) is 22.3 Å². The van der Waals surface area contributed by atoms with Gasteiger partial charge in [-0.2, -0.15) is 13.2 Å². The van der Waals surface area contributed by atoms with Crippen molar-refractivity contribution in [2.45, 2.75) is 31.7 Å². The van der Waals surface area contributed by atoms with E-state index in [1.54, 1.807) is 6.33 Å². The van der Waals surface area contributed by atoms with Crippen molar-refractivity contribution in [1.29, 1.82) is 0 Å². The SMILES string of the molecule is Cc1ccc(-n2cnnc2SCC(=O)N2CCN(Cc3ccc(C(F)(F)F)cc3)CC2)cc1C. The van der Waals surface area contributed by atoms with E-state index in [9.17, 15) is 18.0 Å². The van der Waals surface area contributed by atoms with Gasteiger partial charge in [0.2, 0.25) is 5.91 Å². The minimum Gasteiger partial charge on any atom is -0.339 e. The van der Waals surface area contributed by atoms with E-state index >= 15 is 0 Å². The van der Waals surface area contributed by atoms with Crippen LogP contribution in [0.25, 0.3) is 5.69 Å². The molecule has 0 saturated carbocycles. The molecule has 1 fully saturated rings. The van der Waals surface area contributed by atoms with Crippen LogP contribution < -0.4 is 0 Å². The van der Waals surface area contributed by atoms with Crippen LogP contribution in [0.3, 0.4) is 0 Å². The Kier molecular flexibility index (Phi) is 7.27. The summed E-state index contributed by atoms with van der Waals surface area (Å²) in [6, 6.07) is 11.4. The Morgan fingerprint density at radius 2 is 1.71 bits per heavy atom. The zero-order valence-corrected chi connectivity index (χ0v) is 19.9. The number of rotatable bonds is 6. The van der Waals surface area contributed by atoms with E-state index in [-0.39, 0.29) is 11.7 Å². The molecule has 0 aliphatic carbocycles. The molecule has 3 aromatic rings. The lowest BCUT2D eigenvalue weighted by atomic mass is 10.1. The maximum atomic E-state index is 12.8. The number of carbonyl (C=O) groups is 1. The molecule has 0 spiro atoms. The average molecular weight is 490 g/mol. The summed E-state index contributed by atoms with van der Waals surface area (Å²) in [6.07, 6.45) is -2.67. The summed E-state index contributed by atoms with van der Waals surface area (Å²) < 4.78 is 40.1. The Balaban J connectivity index is 1.27. The smallest absolute Gasteiger partial charge is 0.339 e. The quantitative estimate of drug-likeness (QED) is 0.482. The molecular formula is C24H26F3N5OS. The highest BCUT2D eigenvalue weighted by Gasteiger charge is 2.30. The lowest BCUT2D eigenvalue weighted by Gasteiger charge is -2.34. The molecule has 10 heteroatoms. The molecule has 0 bridgehead atoms. The van der Waals surface area contributed by atoms with Crippen molar-refractivity contribution >= 4 is 17.7 Å². The molecule has 1 amide bonds. The maximum Gasteiger partial charge on any atom is 0.416 e. The number of carbonyl (C=O) groups excluding carboxylic acids is 1. The molecule has 4 rings (SSSR count). The number of hydrogen-bond acceptors (Lipinski definition) is 5. The van der Waals surface area contributed by atoms with E-state index < -0.39 is 11.7 Å². The van der Waals surface area contributed by atoms with Crippen LogP contribution in [0.15, 0.2) is 53.9 Å². The summed E-state index contributed by atoms with van der Waals surface area (Å²) in [5.41, 5.74) is 3.53. The molecule has 1 aromatic heterocycles. The van der Waals surface area contributed by atoms with Crippen molar-refractivity contribution in [2.24, 2.45) is 0 Å². The number of alkyl halides is 3. The largest absolute Gasteiger partial charge is 0.416 e. The molecule has 0 N–H and O–H groups in total. The number of hydrogen-bond donors (Lipinski definition) is 0. The summed E-state index contributed by atoms with van der Waals surface area (Å²) in [5, 5.41) is 8.84. The zero-order chi connectivity index (χ0) is 24.3. The fourth-order valence-corrected chi connectivity index (χ4v) is 4.64. The normalized spacial score (nSPS) is 15.0. The van der Waals surface area contributed by atoms with Gasteiger partial charge in [-0.1, -0.05) is 30.0 Å². The van der Waals surface area contributed by atoms with E-state index in [1.165, 1.54) is 35.0 Å². The van der Waals surface area contributed by atoms with Gasteiger partial charge in [0, 0.05) is 38.4 Å². The van der Waals surface area contributed by atoms with Gasteiger partial charge in [0.15, 0.2) is 5.16 Å². The molecule has 34 heavy (non-hydrogen) atoms. The summed E-state index contributed by atoms with van der Waals surface area (Å²) in [6.45, 7) is 7.20. The van der Waals surface area contributed by atoms with Crippen LogP contribution in [-0.4, -0.2) is 62.4 Å². The molecule has 1 saturated heterocycles. The number of aryl methyl sites for hydroxylation is 2. The van der Waals surface area contributed by atoms with Gasteiger partial charge < -0.3 is 4.90 Å². The van der Waals surface area contributed by atoms with Crippen molar-refractivity contribution in [2.75, 3.05) is 31.9 Å². The first-order chi connectivity index (χ1) is 16.2. The third-order valence-corrected chi connectivity index (χ3v) is 6.95. The number of amides is 1. The zero-order valence-electron chi connectivity index (χ0n) is 19.0. The molecule has 2 heterocycles. The molecule has 2 aromatic carbocycles. The first kappa shape index (κ1) is 24.3. The predicted octanol–water partition coefficient (Wildman–Crippen LogP) is 4.34. The van der Waals surface area contributed by atoms with Crippen molar-refractivity contribution in [3.63, 3.8) is 0 Å². The number of thioether (sulfide) groups is 1. The van der Waals surface area contributed by atoms with Crippen molar-refractivity contribution in [1.82, 2.24) is 24.6 Å². The van der Waals surface area contributed by atoms with E-state index in [4.69, 9.17) is 0 Å². The van der Waals surface area contributed by atoms with E-state index in [0.717, 1.165) is 23.4 Å². The van der Waals surface area contributed by atoms with Crippen LogP contribution in [0.5, 0.6) is 0 Å². The Hall–Kier alpha value is -2.85. The third-order valence-electron chi connectivity index (χ3n) is 6.02. The average Bonchev–Trinajstić information content (AvgIpc) is 3.28. The summed E-state index contributed by atoms with van der Waals surface area (Å²) in [5.74, 6) is 0.302. The lowest BCUT2D eigenvalue weighted by Crippen LogP contribution is -2.48. The van der Waals surface area contributed by atoms with Gasteiger partial charge in [-0.05, 0) is 54.8 Å². The highest BCUT2D eigenvalue weighted by atomic mass is 32.2. The van der Waals surface area contributed by atoms with Crippen LogP contribution in [-0.2, 0) is 17.5 Å². The molecular weight excluding hydrogens is 463 g/mol. The number of piperazine rings is 1. The second-order valence-electron chi connectivity index (χ2n) is 8.39. The first-order valence-electron chi connectivity index (χ1n) is 11.0. The fourth-order valence-electron chi connectivity index (χ4n) is 3.81. The second kappa shape index (κ2) is 10.2. The molecule has 6 nitrogen and oxygen atoms in total. The highest BCUT2D eigenvalue weighted by Crippen LogP contribution is 2.29. The van der Waals surface area contributed by atoms with E-state index in [0.29, 0.717) is 37.9 Å². The summed E-state index contributed by atoms with van der Waals surface area (Å²) >= 11 is 1.36. The topological polar surface area (TPSA) is 54.3 Å².